The van der Waals surface area contributed by atoms with Crippen LogP contribution in [0.3, 0.4) is 0 Å². The lowest BCUT2D eigenvalue weighted by atomic mass is 10.0. The highest BCUT2D eigenvalue weighted by atomic mass is 32.2. The molecule has 0 N–H and O–H groups in total. The Hall–Kier alpha value is -0.520. The van der Waals surface area contributed by atoms with Crippen molar-refractivity contribution in [1.82, 2.24) is 4.90 Å². The minimum absolute atomic E-state index is 0.284. The van der Waals surface area contributed by atoms with Crippen molar-refractivity contribution in [3.05, 3.63) is 35.9 Å². The molecule has 1 aromatic rings. The molecule has 5 heteroatoms. The van der Waals surface area contributed by atoms with E-state index in [0.717, 1.165) is 25.3 Å². The third-order valence-corrected chi connectivity index (χ3v) is 5.93. The number of sulfone groups is 1. The van der Waals surface area contributed by atoms with Gasteiger partial charge in [0.2, 0.25) is 0 Å². The smallest absolute Gasteiger partial charge is 0.147 e. The third kappa shape index (κ3) is 4.50. The van der Waals surface area contributed by atoms with Gasteiger partial charge in [-0.05, 0) is 18.5 Å². The van der Waals surface area contributed by atoms with Crippen LogP contribution in [0.25, 0.3) is 0 Å². The van der Waals surface area contributed by atoms with Gasteiger partial charge in [0.15, 0.2) is 0 Å². The fourth-order valence-corrected chi connectivity index (χ4v) is 4.67. The van der Waals surface area contributed by atoms with Crippen LogP contribution in [0.1, 0.15) is 24.9 Å². The van der Waals surface area contributed by atoms with Gasteiger partial charge in [-0.3, -0.25) is 4.90 Å². The zero-order valence-corrected chi connectivity index (χ0v) is 13.8. The number of thioether (sulfide) groups is 1. The molecule has 0 aromatic heterocycles. The van der Waals surface area contributed by atoms with Gasteiger partial charge in [-0.25, -0.2) is 8.42 Å². The summed E-state index contributed by atoms with van der Waals surface area (Å²) in [6, 6.07) is 11.0. The summed E-state index contributed by atoms with van der Waals surface area (Å²) < 4.78 is 22.5. The predicted octanol–water partition coefficient (Wildman–Crippen LogP) is 2.60. The summed E-state index contributed by atoms with van der Waals surface area (Å²) in [5.41, 5.74) is 1.34. The highest BCUT2D eigenvalue weighted by molar-refractivity contribution is 8.00. The molecule has 0 radical (unpaired) electrons. The minimum atomic E-state index is -2.85. The summed E-state index contributed by atoms with van der Waals surface area (Å²) in [5.74, 6) is 1.41. The minimum Gasteiger partial charge on any atom is -0.294 e. The molecule has 0 spiro atoms. The van der Waals surface area contributed by atoms with Crippen LogP contribution in [0.4, 0.5) is 0 Å². The zero-order chi connectivity index (χ0) is 14.6. The molecule has 1 heterocycles. The molecule has 1 aliphatic rings. The lowest BCUT2D eigenvalue weighted by Crippen LogP contribution is -2.41. The molecule has 0 saturated carbocycles. The second-order valence-corrected chi connectivity index (χ2v) is 9.20. The lowest BCUT2D eigenvalue weighted by Gasteiger charge is -2.40. The summed E-state index contributed by atoms with van der Waals surface area (Å²) in [7, 11) is -2.85. The maximum Gasteiger partial charge on any atom is 0.147 e. The average molecular weight is 313 g/mol. The molecule has 0 unspecified atom stereocenters. The van der Waals surface area contributed by atoms with Crippen molar-refractivity contribution in [3.63, 3.8) is 0 Å². The van der Waals surface area contributed by atoms with E-state index in [2.05, 4.69) is 36.1 Å². The Morgan fingerprint density at radius 2 is 2.00 bits per heavy atom. The normalized spacial score (nSPS) is 24.7. The first-order valence-corrected chi connectivity index (χ1v) is 10.2. The molecule has 1 aliphatic heterocycles. The van der Waals surface area contributed by atoms with Gasteiger partial charge in [0, 0.05) is 29.8 Å². The Bertz CT molecular complexity index is 516. The van der Waals surface area contributed by atoms with Crippen LogP contribution in [-0.2, 0) is 9.84 Å². The quantitative estimate of drug-likeness (QED) is 0.837. The third-order valence-electron chi connectivity index (χ3n) is 3.70. The second kappa shape index (κ2) is 6.96. The molecule has 2 atom stereocenters. The first-order valence-electron chi connectivity index (χ1n) is 7.06. The van der Waals surface area contributed by atoms with Crippen molar-refractivity contribution < 1.29 is 8.42 Å². The highest BCUT2D eigenvalue weighted by Crippen LogP contribution is 2.35. The Morgan fingerprint density at radius 1 is 1.30 bits per heavy atom. The molecular formula is C15H23NO2S2. The van der Waals surface area contributed by atoms with Gasteiger partial charge in [-0.1, -0.05) is 37.3 Å². The van der Waals surface area contributed by atoms with Crippen LogP contribution in [0.2, 0.25) is 0 Å². The van der Waals surface area contributed by atoms with Crippen molar-refractivity contribution >= 4 is 21.6 Å². The summed E-state index contributed by atoms with van der Waals surface area (Å²) in [6.45, 7) is 4.17. The highest BCUT2D eigenvalue weighted by Gasteiger charge is 2.29. The maximum atomic E-state index is 11.3. The van der Waals surface area contributed by atoms with Crippen LogP contribution >= 0.6 is 11.8 Å². The van der Waals surface area contributed by atoms with Gasteiger partial charge in [0.25, 0.3) is 0 Å². The topological polar surface area (TPSA) is 37.4 Å². The number of hydrogen-bond acceptors (Lipinski definition) is 4. The summed E-state index contributed by atoms with van der Waals surface area (Å²) >= 11 is 2.00. The van der Waals surface area contributed by atoms with Crippen molar-refractivity contribution in [1.29, 1.82) is 0 Å². The van der Waals surface area contributed by atoms with E-state index in [-0.39, 0.29) is 5.75 Å². The molecule has 3 nitrogen and oxygen atoms in total. The monoisotopic (exact) mass is 313 g/mol. The summed E-state index contributed by atoms with van der Waals surface area (Å²) in [5, 5.41) is 0.546. The first kappa shape index (κ1) is 15.9. The number of nitrogens with zero attached hydrogens (tertiary/aromatic N) is 1. The molecule has 112 valence electrons. The first-order chi connectivity index (χ1) is 9.47. The van der Waals surface area contributed by atoms with E-state index in [1.165, 1.54) is 11.8 Å². The van der Waals surface area contributed by atoms with Crippen LogP contribution in [0, 0.1) is 0 Å². The van der Waals surface area contributed by atoms with E-state index in [1.54, 1.807) is 0 Å². The van der Waals surface area contributed by atoms with Gasteiger partial charge in [0.05, 0.1) is 5.75 Å². The van der Waals surface area contributed by atoms with Gasteiger partial charge in [-0.15, -0.1) is 0 Å². The number of hydrogen-bond donors (Lipinski definition) is 0. The van der Waals surface area contributed by atoms with E-state index in [9.17, 15) is 8.42 Å². The molecule has 1 fully saturated rings. The number of benzene rings is 1. The predicted molar refractivity (Wildman–Crippen MR) is 87.0 cm³/mol. The van der Waals surface area contributed by atoms with Gasteiger partial charge < -0.3 is 0 Å². The van der Waals surface area contributed by atoms with E-state index >= 15 is 0 Å². The van der Waals surface area contributed by atoms with Crippen LogP contribution < -0.4 is 0 Å². The Kier molecular flexibility index (Phi) is 5.52. The lowest BCUT2D eigenvalue weighted by molar-refractivity contribution is 0.201. The summed E-state index contributed by atoms with van der Waals surface area (Å²) in [6.07, 6.45) is 2.04. The van der Waals surface area contributed by atoms with Crippen molar-refractivity contribution in [2.24, 2.45) is 0 Å². The van der Waals surface area contributed by atoms with E-state index < -0.39 is 9.84 Å². The fraction of sp³-hybridized carbons (Fsp3) is 0.600. The molecular weight excluding hydrogens is 290 g/mol. The van der Waals surface area contributed by atoms with Gasteiger partial charge >= 0.3 is 0 Å². The Balaban J connectivity index is 2.05. The second-order valence-electron chi connectivity index (χ2n) is 5.45. The van der Waals surface area contributed by atoms with Crippen molar-refractivity contribution in [2.45, 2.75) is 24.6 Å². The van der Waals surface area contributed by atoms with Crippen LogP contribution in [0.15, 0.2) is 30.3 Å². The van der Waals surface area contributed by atoms with Gasteiger partial charge in [-0.2, -0.15) is 11.8 Å². The maximum absolute atomic E-state index is 11.3. The van der Waals surface area contributed by atoms with E-state index in [0.29, 0.717) is 11.3 Å². The largest absolute Gasteiger partial charge is 0.294 e. The standard InChI is InChI=1S/C15H23NO2S2/c1-13-15(14-7-4-3-5-8-14)16(10-11-19-13)9-6-12-20(2,17)18/h3-5,7-8,13,15H,6,9-12H2,1-2H3/t13-,15-/m0/s1. The van der Waals surface area contributed by atoms with E-state index in [1.807, 2.05) is 17.8 Å². The molecule has 2 rings (SSSR count). The van der Waals surface area contributed by atoms with Crippen molar-refractivity contribution in [3.8, 4) is 0 Å². The molecule has 1 aromatic carbocycles. The van der Waals surface area contributed by atoms with E-state index in [4.69, 9.17) is 0 Å². The summed E-state index contributed by atoms with van der Waals surface area (Å²) in [4.78, 5) is 2.45. The zero-order valence-electron chi connectivity index (χ0n) is 12.2. The molecule has 0 amide bonds. The average Bonchev–Trinajstić information content (AvgIpc) is 2.38. The Morgan fingerprint density at radius 3 is 2.65 bits per heavy atom. The van der Waals surface area contributed by atoms with Crippen LogP contribution in [-0.4, -0.2) is 49.4 Å². The van der Waals surface area contributed by atoms with Gasteiger partial charge in [0.1, 0.15) is 9.84 Å². The van der Waals surface area contributed by atoms with Crippen LogP contribution in [0.5, 0.6) is 0 Å². The van der Waals surface area contributed by atoms with Crippen molar-refractivity contribution in [2.75, 3.05) is 30.9 Å². The molecule has 0 aliphatic carbocycles. The molecule has 0 bridgehead atoms. The molecule has 1 saturated heterocycles. The Labute approximate surface area is 126 Å². The fourth-order valence-electron chi connectivity index (χ4n) is 2.80. The SMILES string of the molecule is C[C@@H]1SCCN(CCCS(C)(=O)=O)[C@@H]1c1ccccc1. The number of rotatable bonds is 5. The molecule has 20 heavy (non-hydrogen) atoms.